The SMILES string of the molecule is CCCC1(C(=O)O)CCN(C(=O)c2ccc(N)c(F)c2)C1. The minimum atomic E-state index is -0.878. The lowest BCUT2D eigenvalue weighted by Crippen LogP contribution is -2.37. The minimum Gasteiger partial charge on any atom is -0.481 e. The first-order chi connectivity index (χ1) is 9.89. The number of carbonyl (C=O) groups excluding carboxylic acids is 1. The zero-order valence-corrected chi connectivity index (χ0v) is 11.9. The maximum atomic E-state index is 13.4. The molecule has 1 heterocycles. The van der Waals surface area contributed by atoms with Crippen molar-refractivity contribution in [2.75, 3.05) is 18.8 Å². The zero-order valence-electron chi connectivity index (χ0n) is 11.9. The number of anilines is 1. The number of nitrogens with zero attached hydrogens (tertiary/aromatic N) is 1. The van der Waals surface area contributed by atoms with Gasteiger partial charge in [-0.15, -0.1) is 0 Å². The first kappa shape index (κ1) is 15.3. The van der Waals surface area contributed by atoms with Crippen LogP contribution in [-0.2, 0) is 4.79 Å². The van der Waals surface area contributed by atoms with Crippen LogP contribution in [0.2, 0.25) is 0 Å². The first-order valence-electron chi connectivity index (χ1n) is 6.97. The summed E-state index contributed by atoms with van der Waals surface area (Å²) in [6.45, 7) is 2.46. The summed E-state index contributed by atoms with van der Waals surface area (Å²) in [6.07, 6.45) is 1.70. The predicted octanol–water partition coefficient (Wildman–Crippen LogP) is 2.12. The standard InChI is InChI=1S/C15H19FN2O3/c1-2-5-15(14(20)21)6-7-18(9-15)13(19)10-3-4-12(17)11(16)8-10/h3-4,8H,2,5-7,9,17H2,1H3,(H,20,21). The van der Waals surface area contributed by atoms with Gasteiger partial charge in [0.15, 0.2) is 0 Å². The van der Waals surface area contributed by atoms with Crippen molar-refractivity contribution >= 4 is 17.6 Å². The fourth-order valence-electron chi connectivity index (χ4n) is 2.85. The Kier molecular flexibility index (Phi) is 4.16. The molecule has 0 radical (unpaired) electrons. The molecule has 1 amide bonds. The quantitative estimate of drug-likeness (QED) is 0.833. The molecule has 0 saturated carbocycles. The second-order valence-corrected chi connectivity index (χ2v) is 5.55. The molecule has 1 fully saturated rings. The molecule has 1 aliphatic rings. The summed E-state index contributed by atoms with van der Waals surface area (Å²) in [5, 5.41) is 9.43. The van der Waals surface area contributed by atoms with E-state index in [9.17, 15) is 19.1 Å². The summed E-state index contributed by atoms with van der Waals surface area (Å²) in [4.78, 5) is 25.3. The molecular formula is C15H19FN2O3. The van der Waals surface area contributed by atoms with E-state index in [-0.39, 0.29) is 23.7 Å². The number of carboxylic acid groups (broad SMARTS) is 1. The van der Waals surface area contributed by atoms with Crippen LogP contribution in [0.15, 0.2) is 18.2 Å². The van der Waals surface area contributed by atoms with E-state index >= 15 is 0 Å². The van der Waals surface area contributed by atoms with Gasteiger partial charge < -0.3 is 15.7 Å². The van der Waals surface area contributed by atoms with Crippen LogP contribution in [0.25, 0.3) is 0 Å². The Bertz CT molecular complexity index is 576. The van der Waals surface area contributed by atoms with Crippen molar-refractivity contribution < 1.29 is 19.1 Å². The summed E-state index contributed by atoms with van der Waals surface area (Å²) in [6, 6.07) is 3.90. The van der Waals surface area contributed by atoms with Crippen LogP contribution in [0.5, 0.6) is 0 Å². The van der Waals surface area contributed by atoms with E-state index in [1.165, 1.54) is 17.0 Å². The number of hydrogen-bond donors (Lipinski definition) is 2. The number of amides is 1. The number of halogens is 1. The minimum absolute atomic E-state index is 0.0150. The fourth-order valence-corrected chi connectivity index (χ4v) is 2.85. The van der Waals surface area contributed by atoms with Gasteiger partial charge in [-0.2, -0.15) is 0 Å². The highest BCUT2D eigenvalue weighted by Gasteiger charge is 2.45. The molecule has 1 atom stereocenters. The Morgan fingerprint density at radius 3 is 2.76 bits per heavy atom. The van der Waals surface area contributed by atoms with Crippen molar-refractivity contribution in [1.82, 2.24) is 4.90 Å². The van der Waals surface area contributed by atoms with E-state index in [0.717, 1.165) is 12.5 Å². The van der Waals surface area contributed by atoms with Crippen molar-refractivity contribution in [2.24, 2.45) is 5.41 Å². The van der Waals surface area contributed by atoms with Gasteiger partial charge in [0.05, 0.1) is 11.1 Å². The first-order valence-corrected chi connectivity index (χ1v) is 6.97. The number of carbonyl (C=O) groups is 2. The Hall–Kier alpha value is -2.11. The molecule has 1 aromatic carbocycles. The molecule has 2 rings (SSSR count). The maximum absolute atomic E-state index is 13.4. The zero-order chi connectivity index (χ0) is 15.6. The van der Waals surface area contributed by atoms with Gasteiger partial charge in [0.1, 0.15) is 5.82 Å². The number of carboxylic acids is 1. The fraction of sp³-hybridized carbons (Fsp3) is 0.467. The van der Waals surface area contributed by atoms with E-state index in [0.29, 0.717) is 19.4 Å². The van der Waals surface area contributed by atoms with E-state index in [2.05, 4.69) is 0 Å². The van der Waals surface area contributed by atoms with Gasteiger partial charge in [0.2, 0.25) is 0 Å². The molecule has 0 spiro atoms. The maximum Gasteiger partial charge on any atom is 0.311 e. The number of likely N-dealkylation sites (tertiary alicyclic amines) is 1. The third kappa shape index (κ3) is 2.84. The van der Waals surface area contributed by atoms with E-state index in [1.807, 2.05) is 6.92 Å². The third-order valence-electron chi connectivity index (χ3n) is 4.07. The summed E-state index contributed by atoms with van der Waals surface area (Å²) in [5.74, 6) is -1.87. The number of nitrogen functional groups attached to an aromatic ring is 1. The van der Waals surface area contributed by atoms with Crippen molar-refractivity contribution in [3.63, 3.8) is 0 Å². The Labute approximate surface area is 122 Å². The predicted molar refractivity (Wildman–Crippen MR) is 76.3 cm³/mol. The topological polar surface area (TPSA) is 83.6 Å². The summed E-state index contributed by atoms with van der Waals surface area (Å²) in [5.41, 5.74) is 4.69. The molecule has 0 aliphatic carbocycles. The molecule has 114 valence electrons. The van der Waals surface area contributed by atoms with Crippen molar-refractivity contribution in [3.8, 4) is 0 Å². The Morgan fingerprint density at radius 2 is 2.19 bits per heavy atom. The molecule has 0 bridgehead atoms. The highest BCUT2D eigenvalue weighted by Crippen LogP contribution is 2.36. The van der Waals surface area contributed by atoms with Crippen LogP contribution < -0.4 is 5.73 Å². The van der Waals surface area contributed by atoms with Gasteiger partial charge in [-0.25, -0.2) is 4.39 Å². The molecular weight excluding hydrogens is 275 g/mol. The van der Waals surface area contributed by atoms with E-state index in [1.54, 1.807) is 0 Å². The van der Waals surface area contributed by atoms with Gasteiger partial charge in [0.25, 0.3) is 5.91 Å². The van der Waals surface area contributed by atoms with Crippen LogP contribution in [-0.4, -0.2) is 35.0 Å². The molecule has 1 unspecified atom stereocenters. The lowest BCUT2D eigenvalue weighted by Gasteiger charge is -2.24. The molecule has 5 nitrogen and oxygen atoms in total. The second-order valence-electron chi connectivity index (χ2n) is 5.55. The van der Waals surface area contributed by atoms with Gasteiger partial charge >= 0.3 is 5.97 Å². The average molecular weight is 294 g/mol. The van der Waals surface area contributed by atoms with Crippen molar-refractivity contribution in [3.05, 3.63) is 29.6 Å². The highest BCUT2D eigenvalue weighted by molar-refractivity contribution is 5.95. The largest absolute Gasteiger partial charge is 0.481 e. The molecule has 21 heavy (non-hydrogen) atoms. The average Bonchev–Trinajstić information content (AvgIpc) is 2.87. The smallest absolute Gasteiger partial charge is 0.311 e. The second kappa shape index (κ2) is 5.71. The van der Waals surface area contributed by atoms with Gasteiger partial charge in [-0.05, 0) is 31.0 Å². The van der Waals surface area contributed by atoms with Gasteiger partial charge in [0, 0.05) is 18.7 Å². The number of rotatable bonds is 4. The number of benzene rings is 1. The number of nitrogens with two attached hydrogens (primary N) is 1. The van der Waals surface area contributed by atoms with Crippen LogP contribution in [0.3, 0.4) is 0 Å². The molecule has 6 heteroatoms. The van der Waals surface area contributed by atoms with E-state index < -0.39 is 17.2 Å². The molecule has 1 aromatic rings. The molecule has 3 N–H and O–H groups in total. The molecule has 0 aromatic heterocycles. The Morgan fingerprint density at radius 1 is 1.48 bits per heavy atom. The van der Waals surface area contributed by atoms with Crippen molar-refractivity contribution in [1.29, 1.82) is 0 Å². The lowest BCUT2D eigenvalue weighted by atomic mass is 9.83. The van der Waals surface area contributed by atoms with Crippen LogP contribution >= 0.6 is 0 Å². The normalized spacial score (nSPS) is 21.5. The van der Waals surface area contributed by atoms with Crippen LogP contribution in [0, 0.1) is 11.2 Å². The van der Waals surface area contributed by atoms with Crippen LogP contribution in [0.4, 0.5) is 10.1 Å². The van der Waals surface area contributed by atoms with Crippen molar-refractivity contribution in [2.45, 2.75) is 26.2 Å². The lowest BCUT2D eigenvalue weighted by molar-refractivity contribution is -0.148. The van der Waals surface area contributed by atoms with Gasteiger partial charge in [-0.1, -0.05) is 13.3 Å². The summed E-state index contributed by atoms with van der Waals surface area (Å²) in [7, 11) is 0. The van der Waals surface area contributed by atoms with Gasteiger partial charge in [-0.3, -0.25) is 9.59 Å². The number of aliphatic carboxylic acids is 1. The molecule has 1 saturated heterocycles. The third-order valence-corrected chi connectivity index (χ3v) is 4.07. The summed E-state index contributed by atoms with van der Waals surface area (Å²) >= 11 is 0. The highest BCUT2D eigenvalue weighted by atomic mass is 19.1. The van der Waals surface area contributed by atoms with E-state index in [4.69, 9.17) is 5.73 Å². The number of hydrogen-bond acceptors (Lipinski definition) is 3. The molecule has 1 aliphatic heterocycles. The Balaban J connectivity index is 2.18. The monoisotopic (exact) mass is 294 g/mol. The van der Waals surface area contributed by atoms with Crippen LogP contribution in [0.1, 0.15) is 36.5 Å². The summed E-state index contributed by atoms with van der Waals surface area (Å²) < 4.78 is 13.4.